The first-order chi connectivity index (χ1) is 21.1. The first kappa shape index (κ1) is 32.8. The summed E-state index contributed by atoms with van der Waals surface area (Å²) < 4.78 is 29.3. The number of likely N-dealkylation sites (N-methyl/N-ethyl adjacent to an activating group) is 1. The molecule has 4 rings (SSSR count). The minimum atomic E-state index is -4.15. The Balaban J connectivity index is 1.80. The van der Waals surface area contributed by atoms with Crippen molar-refractivity contribution >= 4 is 39.1 Å². The van der Waals surface area contributed by atoms with Crippen LogP contribution >= 0.6 is 11.6 Å². The van der Waals surface area contributed by atoms with Gasteiger partial charge in [-0.15, -0.1) is 0 Å². The molecule has 0 spiro atoms. The SMILES string of the molecule is CCNC(=O)[C@H](Cc1ccccc1)N(Cc1ccccc1Cl)C(=O)CN(c1ccc(C(C)C)cc1)S(=O)(=O)c1ccccc1. The number of carbonyl (C=O) groups is 2. The maximum atomic E-state index is 14.4. The fourth-order valence-corrected chi connectivity index (χ4v) is 6.56. The van der Waals surface area contributed by atoms with E-state index in [1.165, 1.54) is 17.0 Å². The van der Waals surface area contributed by atoms with Gasteiger partial charge < -0.3 is 10.2 Å². The highest BCUT2D eigenvalue weighted by Gasteiger charge is 2.34. The molecule has 1 N–H and O–H groups in total. The molecule has 0 heterocycles. The van der Waals surface area contributed by atoms with Crippen LogP contribution in [-0.2, 0) is 32.6 Å². The number of rotatable bonds is 13. The molecule has 0 fully saturated rings. The van der Waals surface area contributed by atoms with Crippen LogP contribution in [0.3, 0.4) is 0 Å². The molecule has 9 heteroatoms. The zero-order chi connectivity index (χ0) is 31.7. The molecule has 0 aliphatic carbocycles. The van der Waals surface area contributed by atoms with Crippen LogP contribution in [0.2, 0.25) is 5.02 Å². The van der Waals surface area contributed by atoms with Gasteiger partial charge >= 0.3 is 0 Å². The predicted octanol–water partition coefficient (Wildman–Crippen LogP) is 6.43. The second kappa shape index (κ2) is 15.0. The lowest BCUT2D eigenvalue weighted by molar-refractivity contribution is -0.140. The van der Waals surface area contributed by atoms with Crippen LogP contribution in [0.15, 0.2) is 114 Å². The Morgan fingerprint density at radius 3 is 2.00 bits per heavy atom. The van der Waals surface area contributed by atoms with E-state index in [1.807, 2.05) is 55.5 Å². The van der Waals surface area contributed by atoms with Crippen LogP contribution in [0.25, 0.3) is 0 Å². The number of hydrogen-bond acceptors (Lipinski definition) is 4. The summed E-state index contributed by atoms with van der Waals surface area (Å²) in [4.78, 5) is 29.5. The number of sulfonamides is 1. The number of anilines is 1. The number of carbonyl (C=O) groups excluding carboxylic acids is 2. The molecule has 0 saturated heterocycles. The monoisotopic (exact) mass is 631 g/mol. The highest BCUT2D eigenvalue weighted by atomic mass is 35.5. The Morgan fingerprint density at radius 2 is 1.41 bits per heavy atom. The summed E-state index contributed by atoms with van der Waals surface area (Å²) in [5.41, 5.74) is 2.89. The number of amides is 2. The van der Waals surface area contributed by atoms with E-state index in [2.05, 4.69) is 19.2 Å². The van der Waals surface area contributed by atoms with Crippen LogP contribution in [0.4, 0.5) is 5.69 Å². The highest BCUT2D eigenvalue weighted by molar-refractivity contribution is 7.92. The van der Waals surface area contributed by atoms with Gasteiger partial charge in [0.2, 0.25) is 11.8 Å². The van der Waals surface area contributed by atoms with Crippen molar-refractivity contribution in [1.29, 1.82) is 0 Å². The summed E-state index contributed by atoms with van der Waals surface area (Å²) in [5, 5.41) is 3.30. The molecule has 0 aromatic heterocycles. The van der Waals surface area contributed by atoms with E-state index in [-0.39, 0.29) is 29.7 Å². The van der Waals surface area contributed by atoms with Crippen molar-refractivity contribution < 1.29 is 18.0 Å². The molecule has 0 radical (unpaired) electrons. The van der Waals surface area contributed by atoms with Gasteiger partial charge in [0.25, 0.3) is 10.0 Å². The maximum Gasteiger partial charge on any atom is 0.264 e. The second-order valence-corrected chi connectivity index (χ2v) is 13.1. The smallest absolute Gasteiger partial charge is 0.264 e. The largest absolute Gasteiger partial charge is 0.355 e. The van der Waals surface area contributed by atoms with Gasteiger partial charge in [0.1, 0.15) is 12.6 Å². The van der Waals surface area contributed by atoms with E-state index in [1.54, 1.807) is 48.5 Å². The molecule has 7 nitrogen and oxygen atoms in total. The van der Waals surface area contributed by atoms with Crippen LogP contribution in [-0.4, -0.2) is 44.3 Å². The Bertz CT molecular complexity index is 1650. The van der Waals surface area contributed by atoms with Gasteiger partial charge in [0, 0.05) is 24.5 Å². The molecule has 0 aliphatic heterocycles. The molecule has 230 valence electrons. The zero-order valence-electron chi connectivity index (χ0n) is 25.2. The van der Waals surface area contributed by atoms with E-state index in [4.69, 9.17) is 11.6 Å². The number of benzene rings is 4. The quantitative estimate of drug-likeness (QED) is 0.184. The molecule has 44 heavy (non-hydrogen) atoms. The first-order valence-electron chi connectivity index (χ1n) is 14.6. The highest BCUT2D eigenvalue weighted by Crippen LogP contribution is 2.27. The molecular formula is C35H38ClN3O4S. The molecule has 4 aromatic carbocycles. The molecule has 0 saturated carbocycles. The molecule has 1 atom stereocenters. The van der Waals surface area contributed by atoms with Crippen molar-refractivity contribution in [3.05, 3.63) is 131 Å². The third-order valence-corrected chi connectivity index (χ3v) is 9.54. The van der Waals surface area contributed by atoms with E-state index in [9.17, 15) is 18.0 Å². The number of nitrogens with zero attached hydrogens (tertiary/aromatic N) is 2. The van der Waals surface area contributed by atoms with Gasteiger partial charge in [-0.2, -0.15) is 0 Å². The number of hydrogen-bond donors (Lipinski definition) is 1. The molecule has 0 aliphatic rings. The van der Waals surface area contributed by atoms with Gasteiger partial charge in [0.05, 0.1) is 10.6 Å². The van der Waals surface area contributed by atoms with Gasteiger partial charge in [0.15, 0.2) is 0 Å². The fourth-order valence-electron chi connectivity index (χ4n) is 4.93. The minimum Gasteiger partial charge on any atom is -0.355 e. The summed E-state index contributed by atoms with van der Waals surface area (Å²) >= 11 is 6.53. The topological polar surface area (TPSA) is 86.8 Å². The molecule has 0 unspecified atom stereocenters. The van der Waals surface area contributed by atoms with E-state index in [0.717, 1.165) is 15.4 Å². The van der Waals surface area contributed by atoms with Gasteiger partial charge in [-0.05, 0) is 59.9 Å². The van der Waals surface area contributed by atoms with Crippen LogP contribution in [0.1, 0.15) is 43.4 Å². The maximum absolute atomic E-state index is 14.4. The third-order valence-electron chi connectivity index (χ3n) is 7.38. The van der Waals surface area contributed by atoms with Crippen molar-refractivity contribution in [2.45, 2.75) is 50.6 Å². The predicted molar refractivity (Wildman–Crippen MR) is 176 cm³/mol. The Hall–Kier alpha value is -4.14. The first-order valence-corrected chi connectivity index (χ1v) is 16.5. The van der Waals surface area contributed by atoms with Gasteiger partial charge in [-0.25, -0.2) is 8.42 Å². The van der Waals surface area contributed by atoms with Crippen molar-refractivity contribution in [2.24, 2.45) is 0 Å². The lowest BCUT2D eigenvalue weighted by Crippen LogP contribution is -2.53. The van der Waals surface area contributed by atoms with E-state index < -0.39 is 28.5 Å². The number of halogens is 1. The van der Waals surface area contributed by atoms with E-state index in [0.29, 0.717) is 22.8 Å². The van der Waals surface area contributed by atoms with Crippen molar-refractivity contribution in [2.75, 3.05) is 17.4 Å². The summed E-state index contributed by atoms with van der Waals surface area (Å²) in [7, 11) is -4.15. The lowest BCUT2D eigenvalue weighted by atomic mass is 10.0. The normalized spacial score (nSPS) is 12.0. The fraction of sp³-hybridized carbons (Fsp3) is 0.257. The average Bonchev–Trinajstić information content (AvgIpc) is 3.03. The standard InChI is InChI=1S/C35H38ClN3O4S/c1-4-37-35(41)33(23-27-13-7-5-8-14-27)38(24-29-15-11-12-18-32(29)36)34(40)25-39(30-21-19-28(20-22-30)26(2)3)44(42,43)31-16-9-6-10-17-31/h5-22,26,33H,4,23-25H2,1-3H3,(H,37,41)/t33-/m0/s1. The summed E-state index contributed by atoms with van der Waals surface area (Å²) in [6.07, 6.45) is 0.234. The lowest BCUT2D eigenvalue weighted by Gasteiger charge is -2.34. The van der Waals surface area contributed by atoms with Gasteiger partial charge in [-0.1, -0.05) is 104 Å². The average molecular weight is 632 g/mol. The molecule has 0 bridgehead atoms. The second-order valence-electron chi connectivity index (χ2n) is 10.8. The summed E-state index contributed by atoms with van der Waals surface area (Å²) in [6, 6.07) is 30.8. The van der Waals surface area contributed by atoms with Crippen LogP contribution in [0, 0.1) is 0 Å². The van der Waals surface area contributed by atoms with Gasteiger partial charge in [-0.3, -0.25) is 13.9 Å². The molecule has 2 amide bonds. The molecule has 4 aromatic rings. The Kier molecular flexibility index (Phi) is 11.2. The Morgan fingerprint density at radius 1 is 0.818 bits per heavy atom. The van der Waals surface area contributed by atoms with E-state index >= 15 is 0 Å². The third kappa shape index (κ3) is 8.07. The van der Waals surface area contributed by atoms with Crippen LogP contribution < -0.4 is 9.62 Å². The summed E-state index contributed by atoms with van der Waals surface area (Å²) in [5.74, 6) is -0.633. The molecular weight excluding hydrogens is 594 g/mol. The van der Waals surface area contributed by atoms with Crippen LogP contribution in [0.5, 0.6) is 0 Å². The summed E-state index contributed by atoms with van der Waals surface area (Å²) in [6.45, 7) is 5.78. The Labute approximate surface area is 265 Å². The van der Waals surface area contributed by atoms with Crippen molar-refractivity contribution in [3.63, 3.8) is 0 Å². The zero-order valence-corrected chi connectivity index (χ0v) is 26.8. The minimum absolute atomic E-state index is 0.0126. The van der Waals surface area contributed by atoms with Crippen molar-refractivity contribution in [3.8, 4) is 0 Å². The van der Waals surface area contributed by atoms with Crippen molar-refractivity contribution in [1.82, 2.24) is 10.2 Å². The number of nitrogens with one attached hydrogen (secondary N) is 1.